The van der Waals surface area contributed by atoms with Crippen molar-refractivity contribution < 1.29 is 9.90 Å². The first kappa shape index (κ1) is 12.5. The van der Waals surface area contributed by atoms with Gasteiger partial charge in [0.2, 0.25) is 0 Å². The average molecular weight is 206 g/mol. The van der Waals surface area contributed by atoms with E-state index in [0.29, 0.717) is 19.4 Å². The van der Waals surface area contributed by atoms with Crippen molar-refractivity contribution in [2.24, 2.45) is 0 Å². The number of halogens is 1. The standard InChI is InChI=1S/C9H16ClNO2/c1-3-9(4-2,8(12)13)11-7-5-6-10/h5-6,11H,3-4,7H2,1-2H3,(H,12,13). The van der Waals surface area contributed by atoms with Gasteiger partial charge in [0.1, 0.15) is 5.54 Å². The molecule has 0 rings (SSSR count). The van der Waals surface area contributed by atoms with E-state index in [0.717, 1.165) is 0 Å². The third-order valence-corrected chi connectivity index (χ3v) is 2.44. The fourth-order valence-corrected chi connectivity index (χ4v) is 1.27. The van der Waals surface area contributed by atoms with Gasteiger partial charge in [0.05, 0.1) is 0 Å². The van der Waals surface area contributed by atoms with Crippen LogP contribution in [0.4, 0.5) is 0 Å². The van der Waals surface area contributed by atoms with E-state index >= 15 is 0 Å². The van der Waals surface area contributed by atoms with Crippen LogP contribution in [0.3, 0.4) is 0 Å². The molecule has 0 atom stereocenters. The van der Waals surface area contributed by atoms with Gasteiger partial charge in [-0.3, -0.25) is 10.1 Å². The Morgan fingerprint density at radius 1 is 1.54 bits per heavy atom. The van der Waals surface area contributed by atoms with Crippen LogP contribution >= 0.6 is 11.6 Å². The minimum atomic E-state index is -0.809. The van der Waals surface area contributed by atoms with Crippen LogP contribution in [-0.2, 0) is 4.79 Å². The van der Waals surface area contributed by atoms with Crippen molar-refractivity contribution >= 4 is 17.6 Å². The first-order valence-corrected chi connectivity index (χ1v) is 4.80. The molecule has 2 N–H and O–H groups in total. The van der Waals surface area contributed by atoms with Gasteiger partial charge in [-0.25, -0.2) is 0 Å². The highest BCUT2D eigenvalue weighted by Gasteiger charge is 2.33. The maximum absolute atomic E-state index is 11.0. The van der Waals surface area contributed by atoms with Crippen molar-refractivity contribution in [3.8, 4) is 0 Å². The third-order valence-electron chi connectivity index (χ3n) is 2.26. The molecule has 0 radical (unpaired) electrons. The first-order chi connectivity index (χ1) is 6.13. The predicted octanol–water partition coefficient (Wildman–Crippen LogP) is 1.97. The molecule has 4 heteroatoms. The number of hydrogen-bond acceptors (Lipinski definition) is 2. The zero-order valence-corrected chi connectivity index (χ0v) is 8.77. The molecule has 0 amide bonds. The minimum Gasteiger partial charge on any atom is -0.480 e. The van der Waals surface area contributed by atoms with Gasteiger partial charge in [0, 0.05) is 12.1 Å². The Hall–Kier alpha value is -0.540. The number of nitrogens with one attached hydrogen (secondary N) is 1. The van der Waals surface area contributed by atoms with Crippen molar-refractivity contribution in [1.82, 2.24) is 5.32 Å². The van der Waals surface area contributed by atoms with Crippen LogP contribution in [0.1, 0.15) is 26.7 Å². The lowest BCUT2D eigenvalue weighted by atomic mass is 9.93. The Bertz CT molecular complexity index is 188. The molecule has 76 valence electrons. The second kappa shape index (κ2) is 6.00. The van der Waals surface area contributed by atoms with E-state index in [9.17, 15) is 4.79 Å². The van der Waals surface area contributed by atoms with Gasteiger partial charge in [-0.05, 0) is 12.8 Å². The molecule has 3 nitrogen and oxygen atoms in total. The van der Waals surface area contributed by atoms with Gasteiger partial charge in [0.25, 0.3) is 0 Å². The molecule has 0 aliphatic rings. The van der Waals surface area contributed by atoms with Crippen LogP contribution < -0.4 is 5.32 Å². The summed E-state index contributed by atoms with van der Waals surface area (Å²) in [6.07, 6.45) is 2.81. The SMILES string of the molecule is CCC(CC)(NCC=CCl)C(=O)O. The maximum Gasteiger partial charge on any atom is 0.323 e. The lowest BCUT2D eigenvalue weighted by Crippen LogP contribution is -2.51. The highest BCUT2D eigenvalue weighted by atomic mass is 35.5. The molecule has 0 aromatic heterocycles. The zero-order valence-electron chi connectivity index (χ0n) is 8.01. The average Bonchev–Trinajstić information content (AvgIpc) is 2.13. The largest absolute Gasteiger partial charge is 0.480 e. The number of carboxylic acids is 1. The molecule has 0 aromatic carbocycles. The summed E-state index contributed by atoms with van der Waals surface area (Å²) in [7, 11) is 0. The van der Waals surface area contributed by atoms with Crippen LogP contribution in [0.15, 0.2) is 11.6 Å². The van der Waals surface area contributed by atoms with E-state index in [1.165, 1.54) is 5.54 Å². The van der Waals surface area contributed by atoms with Crippen molar-refractivity contribution in [2.45, 2.75) is 32.2 Å². The molecule has 13 heavy (non-hydrogen) atoms. The van der Waals surface area contributed by atoms with Gasteiger partial charge in [-0.1, -0.05) is 31.5 Å². The Balaban J connectivity index is 4.30. The number of aliphatic carboxylic acids is 1. The van der Waals surface area contributed by atoms with Gasteiger partial charge in [-0.15, -0.1) is 0 Å². The summed E-state index contributed by atoms with van der Waals surface area (Å²) in [5.41, 5.74) is 0.571. The van der Waals surface area contributed by atoms with Crippen molar-refractivity contribution in [1.29, 1.82) is 0 Å². The second-order valence-electron chi connectivity index (χ2n) is 2.84. The van der Waals surface area contributed by atoms with E-state index < -0.39 is 11.5 Å². The molecule has 0 fully saturated rings. The summed E-state index contributed by atoms with van der Waals surface area (Å²) in [6, 6.07) is 0. The second-order valence-corrected chi connectivity index (χ2v) is 3.09. The lowest BCUT2D eigenvalue weighted by Gasteiger charge is -2.27. The fraction of sp³-hybridized carbons (Fsp3) is 0.667. The quantitative estimate of drug-likeness (QED) is 0.697. The lowest BCUT2D eigenvalue weighted by molar-refractivity contribution is -0.145. The van der Waals surface area contributed by atoms with Gasteiger partial charge >= 0.3 is 5.97 Å². The van der Waals surface area contributed by atoms with E-state index in [2.05, 4.69) is 5.32 Å². The molecular formula is C9H16ClNO2. The molecule has 0 unspecified atom stereocenters. The molecule has 0 heterocycles. The summed E-state index contributed by atoms with van der Waals surface area (Å²) in [6.45, 7) is 4.20. The normalized spacial score (nSPS) is 12.2. The van der Waals surface area contributed by atoms with Crippen LogP contribution in [0.25, 0.3) is 0 Å². The van der Waals surface area contributed by atoms with Gasteiger partial charge in [0.15, 0.2) is 0 Å². The zero-order chi connectivity index (χ0) is 10.3. The van der Waals surface area contributed by atoms with E-state index in [-0.39, 0.29) is 0 Å². The molecule has 0 spiro atoms. The molecule has 0 aliphatic carbocycles. The monoisotopic (exact) mass is 205 g/mol. The summed E-state index contributed by atoms with van der Waals surface area (Å²) in [4.78, 5) is 11.0. The number of carbonyl (C=O) groups is 1. The van der Waals surface area contributed by atoms with Gasteiger partial charge < -0.3 is 5.11 Å². The van der Waals surface area contributed by atoms with E-state index in [4.69, 9.17) is 16.7 Å². The Morgan fingerprint density at radius 3 is 2.38 bits per heavy atom. The molecule has 0 saturated heterocycles. The summed E-state index contributed by atoms with van der Waals surface area (Å²) < 4.78 is 0. The highest BCUT2D eigenvalue weighted by molar-refractivity contribution is 6.25. The van der Waals surface area contributed by atoms with Crippen LogP contribution in [0, 0.1) is 0 Å². The van der Waals surface area contributed by atoms with Crippen molar-refractivity contribution in [2.75, 3.05) is 6.54 Å². The first-order valence-electron chi connectivity index (χ1n) is 4.36. The molecular weight excluding hydrogens is 190 g/mol. The van der Waals surface area contributed by atoms with Crippen molar-refractivity contribution in [3.63, 3.8) is 0 Å². The Morgan fingerprint density at radius 2 is 2.08 bits per heavy atom. The highest BCUT2D eigenvalue weighted by Crippen LogP contribution is 2.14. The molecule has 0 aromatic rings. The minimum absolute atomic E-state index is 0.484. The number of carboxylic acid groups (broad SMARTS) is 1. The van der Waals surface area contributed by atoms with E-state index in [1.807, 2.05) is 13.8 Å². The van der Waals surface area contributed by atoms with Crippen molar-refractivity contribution in [3.05, 3.63) is 11.6 Å². The van der Waals surface area contributed by atoms with Crippen LogP contribution in [0.2, 0.25) is 0 Å². The Kier molecular flexibility index (Phi) is 5.75. The summed E-state index contributed by atoms with van der Waals surface area (Å²) >= 11 is 5.33. The van der Waals surface area contributed by atoms with Crippen LogP contribution in [0.5, 0.6) is 0 Å². The number of rotatable bonds is 6. The fourth-order valence-electron chi connectivity index (χ4n) is 1.18. The third kappa shape index (κ3) is 3.36. The van der Waals surface area contributed by atoms with Gasteiger partial charge in [-0.2, -0.15) is 0 Å². The molecule has 0 aliphatic heterocycles. The molecule has 0 bridgehead atoms. The smallest absolute Gasteiger partial charge is 0.323 e. The Labute approximate surface area is 83.8 Å². The summed E-state index contributed by atoms with van der Waals surface area (Å²) in [5, 5.41) is 12.0. The number of hydrogen-bond donors (Lipinski definition) is 2. The topological polar surface area (TPSA) is 49.3 Å². The molecule has 0 saturated carbocycles. The predicted molar refractivity (Wildman–Crippen MR) is 53.9 cm³/mol. The summed E-state index contributed by atoms with van der Waals surface area (Å²) in [5.74, 6) is -0.805. The maximum atomic E-state index is 11.0. The van der Waals surface area contributed by atoms with E-state index in [1.54, 1.807) is 6.08 Å². The van der Waals surface area contributed by atoms with Crippen LogP contribution in [-0.4, -0.2) is 23.2 Å².